The predicted molar refractivity (Wildman–Crippen MR) is 72.7 cm³/mol. The van der Waals surface area contributed by atoms with Gasteiger partial charge in [-0.1, -0.05) is 12.1 Å². The van der Waals surface area contributed by atoms with Gasteiger partial charge in [-0.05, 0) is 51.7 Å². The number of methoxy groups -OCH3 is 1. The number of benzene rings is 1. The van der Waals surface area contributed by atoms with Crippen molar-refractivity contribution in [3.63, 3.8) is 0 Å². The van der Waals surface area contributed by atoms with Gasteiger partial charge in [0, 0.05) is 12.6 Å². The zero-order chi connectivity index (χ0) is 12.7. The zero-order valence-electron chi connectivity index (χ0n) is 11.4. The third-order valence-electron chi connectivity index (χ3n) is 2.70. The van der Waals surface area contributed by atoms with Crippen molar-refractivity contribution in [2.24, 2.45) is 0 Å². The molecule has 1 unspecified atom stereocenters. The van der Waals surface area contributed by atoms with Crippen molar-refractivity contribution in [3.8, 4) is 5.75 Å². The average molecular weight is 236 g/mol. The molecule has 0 aliphatic carbocycles. The van der Waals surface area contributed by atoms with E-state index in [9.17, 15) is 0 Å². The molecule has 0 amide bonds. The number of nitrogens with zero attached hydrogens (tertiary/aromatic N) is 1. The number of ether oxygens (including phenoxy) is 1. The van der Waals surface area contributed by atoms with Gasteiger partial charge < -0.3 is 15.0 Å². The van der Waals surface area contributed by atoms with Crippen LogP contribution >= 0.6 is 0 Å². The summed E-state index contributed by atoms with van der Waals surface area (Å²) in [6, 6.07) is 8.80. The van der Waals surface area contributed by atoms with E-state index in [0.29, 0.717) is 6.04 Å². The molecule has 0 aliphatic rings. The van der Waals surface area contributed by atoms with E-state index in [1.165, 1.54) is 5.56 Å². The van der Waals surface area contributed by atoms with Crippen LogP contribution in [0, 0.1) is 0 Å². The first-order chi connectivity index (χ1) is 8.11. The van der Waals surface area contributed by atoms with Crippen LogP contribution in [0.1, 0.15) is 12.5 Å². The van der Waals surface area contributed by atoms with Gasteiger partial charge in [0.15, 0.2) is 0 Å². The highest BCUT2D eigenvalue weighted by molar-refractivity contribution is 5.27. The second kappa shape index (κ2) is 7.30. The summed E-state index contributed by atoms with van der Waals surface area (Å²) < 4.78 is 5.13. The second-order valence-corrected chi connectivity index (χ2v) is 4.72. The number of nitrogens with one attached hydrogen (secondary N) is 1. The van der Waals surface area contributed by atoms with Crippen LogP contribution in [0.2, 0.25) is 0 Å². The summed E-state index contributed by atoms with van der Waals surface area (Å²) in [4.78, 5) is 2.20. The molecular formula is C14H24N2O. The first-order valence-corrected chi connectivity index (χ1v) is 6.13. The highest BCUT2D eigenvalue weighted by atomic mass is 16.5. The zero-order valence-corrected chi connectivity index (χ0v) is 11.4. The Hall–Kier alpha value is -1.06. The molecule has 3 heteroatoms. The molecule has 96 valence electrons. The molecule has 1 rings (SSSR count). The molecule has 17 heavy (non-hydrogen) atoms. The van der Waals surface area contributed by atoms with Gasteiger partial charge in [-0.15, -0.1) is 0 Å². The Morgan fingerprint density at radius 1 is 1.24 bits per heavy atom. The Labute approximate surface area is 105 Å². The maximum absolute atomic E-state index is 5.13. The lowest BCUT2D eigenvalue weighted by Crippen LogP contribution is -2.36. The van der Waals surface area contributed by atoms with Crippen molar-refractivity contribution in [2.45, 2.75) is 19.4 Å². The largest absolute Gasteiger partial charge is 0.497 e. The van der Waals surface area contributed by atoms with Gasteiger partial charge in [0.1, 0.15) is 5.75 Å². The molecular weight excluding hydrogens is 212 g/mol. The van der Waals surface area contributed by atoms with E-state index in [-0.39, 0.29) is 0 Å². The molecule has 3 nitrogen and oxygen atoms in total. The average Bonchev–Trinajstić information content (AvgIpc) is 2.29. The molecule has 0 radical (unpaired) electrons. The van der Waals surface area contributed by atoms with Crippen LogP contribution in [0.4, 0.5) is 0 Å². The van der Waals surface area contributed by atoms with Crippen LogP contribution in [-0.2, 0) is 6.42 Å². The first-order valence-electron chi connectivity index (χ1n) is 6.13. The number of likely N-dealkylation sites (N-methyl/N-ethyl adjacent to an activating group) is 1. The lowest BCUT2D eigenvalue weighted by molar-refractivity contribution is 0.351. The first kappa shape index (κ1) is 14.0. The molecule has 0 bridgehead atoms. The minimum atomic E-state index is 0.531. The summed E-state index contributed by atoms with van der Waals surface area (Å²) in [5.41, 5.74) is 1.34. The standard InChI is InChI=1S/C14H24N2O/c1-12(11-16(2)3)15-10-9-13-5-7-14(17-4)8-6-13/h5-8,12,15H,9-11H2,1-4H3. The molecule has 0 saturated carbocycles. The maximum Gasteiger partial charge on any atom is 0.118 e. The van der Waals surface area contributed by atoms with Crippen LogP contribution in [0.5, 0.6) is 5.75 Å². The van der Waals surface area contributed by atoms with Gasteiger partial charge in [-0.3, -0.25) is 0 Å². The molecule has 0 fully saturated rings. The lowest BCUT2D eigenvalue weighted by atomic mass is 10.1. The summed E-state index contributed by atoms with van der Waals surface area (Å²) in [5.74, 6) is 0.919. The molecule has 1 aromatic rings. The van der Waals surface area contributed by atoms with Crippen molar-refractivity contribution in [1.29, 1.82) is 0 Å². The fraction of sp³-hybridized carbons (Fsp3) is 0.571. The molecule has 1 aromatic carbocycles. The minimum absolute atomic E-state index is 0.531. The van der Waals surface area contributed by atoms with E-state index in [0.717, 1.165) is 25.3 Å². The minimum Gasteiger partial charge on any atom is -0.497 e. The Morgan fingerprint density at radius 2 is 1.88 bits per heavy atom. The topological polar surface area (TPSA) is 24.5 Å². The third kappa shape index (κ3) is 5.71. The van der Waals surface area contributed by atoms with E-state index in [4.69, 9.17) is 4.74 Å². The van der Waals surface area contributed by atoms with E-state index >= 15 is 0 Å². The molecule has 1 atom stereocenters. The highest BCUT2D eigenvalue weighted by Gasteiger charge is 2.02. The van der Waals surface area contributed by atoms with Crippen molar-refractivity contribution in [3.05, 3.63) is 29.8 Å². The fourth-order valence-electron chi connectivity index (χ4n) is 1.87. The smallest absolute Gasteiger partial charge is 0.118 e. The Bertz CT molecular complexity index is 309. The van der Waals surface area contributed by atoms with Crippen LogP contribution in [0.15, 0.2) is 24.3 Å². The Kier molecular flexibility index (Phi) is 6.01. The quantitative estimate of drug-likeness (QED) is 0.781. The Morgan fingerprint density at radius 3 is 2.41 bits per heavy atom. The molecule has 0 heterocycles. The third-order valence-corrected chi connectivity index (χ3v) is 2.70. The van der Waals surface area contributed by atoms with Crippen LogP contribution in [-0.4, -0.2) is 45.2 Å². The van der Waals surface area contributed by atoms with E-state index in [2.05, 4.69) is 43.4 Å². The summed E-state index contributed by atoms with van der Waals surface area (Å²) in [6.45, 7) is 4.30. The van der Waals surface area contributed by atoms with Gasteiger partial charge in [0.05, 0.1) is 7.11 Å². The predicted octanol–water partition coefficient (Wildman–Crippen LogP) is 1.78. The van der Waals surface area contributed by atoms with Gasteiger partial charge >= 0.3 is 0 Å². The molecule has 1 N–H and O–H groups in total. The van der Waals surface area contributed by atoms with Crippen LogP contribution < -0.4 is 10.1 Å². The molecule has 0 aromatic heterocycles. The van der Waals surface area contributed by atoms with E-state index in [1.54, 1.807) is 7.11 Å². The monoisotopic (exact) mass is 236 g/mol. The van der Waals surface area contributed by atoms with Crippen LogP contribution in [0.25, 0.3) is 0 Å². The SMILES string of the molecule is COc1ccc(CCNC(C)CN(C)C)cc1. The summed E-state index contributed by atoms with van der Waals surface area (Å²) >= 11 is 0. The number of hydrogen-bond acceptors (Lipinski definition) is 3. The normalized spacial score (nSPS) is 12.8. The van der Waals surface area contributed by atoms with Gasteiger partial charge in [-0.25, -0.2) is 0 Å². The lowest BCUT2D eigenvalue weighted by Gasteiger charge is -2.18. The van der Waals surface area contributed by atoms with Gasteiger partial charge in [-0.2, -0.15) is 0 Å². The van der Waals surface area contributed by atoms with Crippen molar-refractivity contribution >= 4 is 0 Å². The molecule has 0 saturated heterocycles. The summed E-state index contributed by atoms with van der Waals surface area (Å²) in [7, 11) is 5.89. The van der Waals surface area contributed by atoms with Crippen molar-refractivity contribution in [1.82, 2.24) is 10.2 Å². The van der Waals surface area contributed by atoms with Gasteiger partial charge in [0.2, 0.25) is 0 Å². The van der Waals surface area contributed by atoms with Crippen molar-refractivity contribution in [2.75, 3.05) is 34.3 Å². The summed E-state index contributed by atoms with van der Waals surface area (Å²) in [6.07, 6.45) is 1.06. The Balaban J connectivity index is 2.25. The van der Waals surface area contributed by atoms with E-state index in [1.807, 2.05) is 12.1 Å². The van der Waals surface area contributed by atoms with Crippen molar-refractivity contribution < 1.29 is 4.74 Å². The number of rotatable bonds is 7. The second-order valence-electron chi connectivity index (χ2n) is 4.72. The molecule has 0 spiro atoms. The highest BCUT2D eigenvalue weighted by Crippen LogP contribution is 2.11. The van der Waals surface area contributed by atoms with Crippen LogP contribution in [0.3, 0.4) is 0 Å². The molecule has 0 aliphatic heterocycles. The summed E-state index contributed by atoms with van der Waals surface area (Å²) in [5, 5.41) is 3.52. The maximum atomic E-state index is 5.13. The van der Waals surface area contributed by atoms with Gasteiger partial charge in [0.25, 0.3) is 0 Å². The fourth-order valence-corrected chi connectivity index (χ4v) is 1.87. The van der Waals surface area contributed by atoms with E-state index < -0.39 is 0 Å². The number of hydrogen-bond donors (Lipinski definition) is 1.